The lowest BCUT2D eigenvalue weighted by Gasteiger charge is -2.37. The van der Waals surface area contributed by atoms with E-state index in [0.29, 0.717) is 18.7 Å². The van der Waals surface area contributed by atoms with Gasteiger partial charge in [0.15, 0.2) is 0 Å². The molecule has 1 saturated heterocycles. The lowest BCUT2D eigenvalue weighted by molar-refractivity contribution is 0.0968. The van der Waals surface area contributed by atoms with E-state index in [1.165, 1.54) is 51.5 Å². The minimum atomic E-state index is 0.329. The first-order valence-corrected chi connectivity index (χ1v) is 8.29. The zero-order valence-electron chi connectivity index (χ0n) is 12.9. The number of likely N-dealkylation sites (N-methyl/N-ethyl adjacent to an activating group) is 1. The molecule has 0 aromatic carbocycles. The van der Waals surface area contributed by atoms with E-state index < -0.39 is 0 Å². The highest BCUT2D eigenvalue weighted by atomic mass is 16.3. The third kappa shape index (κ3) is 4.17. The molecule has 1 aliphatic carbocycles. The molecule has 2 atom stereocenters. The summed E-state index contributed by atoms with van der Waals surface area (Å²) in [5, 5.41) is 9.39. The first kappa shape index (κ1) is 15.3. The quantitative estimate of drug-likeness (QED) is 0.797. The van der Waals surface area contributed by atoms with Crippen molar-refractivity contribution in [1.29, 1.82) is 0 Å². The van der Waals surface area contributed by atoms with Crippen LogP contribution in [0, 0.1) is 0 Å². The van der Waals surface area contributed by atoms with Crippen molar-refractivity contribution < 1.29 is 5.11 Å². The molecule has 2 rings (SSSR count). The summed E-state index contributed by atoms with van der Waals surface area (Å²) in [6, 6.07) is 2.01. The first-order valence-electron chi connectivity index (χ1n) is 8.29. The Labute approximate surface area is 119 Å². The summed E-state index contributed by atoms with van der Waals surface area (Å²) in [5.41, 5.74) is 0. The van der Waals surface area contributed by atoms with Crippen LogP contribution in [-0.2, 0) is 0 Å². The Morgan fingerprint density at radius 2 is 1.74 bits per heavy atom. The van der Waals surface area contributed by atoms with E-state index in [1.54, 1.807) is 0 Å². The predicted molar refractivity (Wildman–Crippen MR) is 80.4 cm³/mol. The van der Waals surface area contributed by atoms with Crippen molar-refractivity contribution in [3.05, 3.63) is 0 Å². The van der Waals surface area contributed by atoms with Crippen LogP contribution in [0.4, 0.5) is 0 Å². The number of rotatable bonds is 3. The SMILES string of the molecule is CC1CCN(C2CCCCCC2)C(CCO)CN1C. The molecule has 0 aromatic rings. The van der Waals surface area contributed by atoms with Crippen molar-refractivity contribution in [2.24, 2.45) is 0 Å². The molecule has 0 radical (unpaired) electrons. The third-order valence-electron chi connectivity index (χ3n) is 5.28. The summed E-state index contributed by atoms with van der Waals surface area (Å²) < 4.78 is 0. The van der Waals surface area contributed by atoms with E-state index in [1.807, 2.05) is 0 Å². The summed E-state index contributed by atoms with van der Waals surface area (Å²) in [7, 11) is 2.24. The maximum atomic E-state index is 9.39. The molecule has 3 heteroatoms. The van der Waals surface area contributed by atoms with Gasteiger partial charge in [0.05, 0.1) is 0 Å². The lowest BCUT2D eigenvalue weighted by atomic mass is 10.0. The van der Waals surface area contributed by atoms with Gasteiger partial charge in [-0.3, -0.25) is 4.90 Å². The summed E-state index contributed by atoms with van der Waals surface area (Å²) in [5.74, 6) is 0. The summed E-state index contributed by atoms with van der Waals surface area (Å²) in [4.78, 5) is 5.23. The minimum Gasteiger partial charge on any atom is -0.396 e. The normalized spacial score (nSPS) is 33.0. The molecular formula is C16H32N2O. The molecule has 0 aromatic heterocycles. The van der Waals surface area contributed by atoms with Crippen molar-refractivity contribution in [2.45, 2.75) is 76.4 Å². The highest BCUT2D eigenvalue weighted by molar-refractivity contribution is 4.87. The largest absolute Gasteiger partial charge is 0.396 e. The van der Waals surface area contributed by atoms with E-state index in [-0.39, 0.29) is 0 Å². The molecular weight excluding hydrogens is 236 g/mol. The first-order chi connectivity index (χ1) is 9.22. The fourth-order valence-electron chi connectivity index (χ4n) is 3.83. The summed E-state index contributed by atoms with van der Waals surface area (Å²) >= 11 is 0. The van der Waals surface area contributed by atoms with Crippen LogP contribution in [0.1, 0.15) is 58.3 Å². The second kappa shape index (κ2) is 7.61. The van der Waals surface area contributed by atoms with Crippen molar-refractivity contribution in [2.75, 3.05) is 26.7 Å². The topological polar surface area (TPSA) is 26.7 Å². The fraction of sp³-hybridized carbons (Fsp3) is 1.00. The zero-order chi connectivity index (χ0) is 13.7. The Bertz CT molecular complexity index is 251. The van der Waals surface area contributed by atoms with Crippen molar-refractivity contribution in [3.63, 3.8) is 0 Å². The molecule has 0 amide bonds. The van der Waals surface area contributed by atoms with Gasteiger partial charge >= 0.3 is 0 Å². The standard InChI is InChI=1S/C16H32N2O/c1-14-9-11-18(15-7-5-3-4-6-8-15)16(10-12-19)13-17(14)2/h14-16,19H,3-13H2,1-2H3. The van der Waals surface area contributed by atoms with E-state index in [0.717, 1.165) is 19.0 Å². The van der Waals surface area contributed by atoms with E-state index in [9.17, 15) is 5.11 Å². The van der Waals surface area contributed by atoms with Gasteiger partial charge in [0.25, 0.3) is 0 Å². The van der Waals surface area contributed by atoms with Gasteiger partial charge in [0.1, 0.15) is 0 Å². The minimum absolute atomic E-state index is 0.329. The number of aliphatic hydroxyl groups excluding tert-OH is 1. The Hall–Kier alpha value is -0.120. The van der Waals surface area contributed by atoms with Crippen molar-refractivity contribution in [1.82, 2.24) is 9.80 Å². The Morgan fingerprint density at radius 3 is 2.37 bits per heavy atom. The number of hydrogen-bond donors (Lipinski definition) is 1. The summed E-state index contributed by atoms with van der Waals surface area (Å²) in [6.07, 6.45) is 10.6. The van der Waals surface area contributed by atoms with Crippen molar-refractivity contribution >= 4 is 0 Å². The van der Waals surface area contributed by atoms with E-state index in [4.69, 9.17) is 0 Å². The average Bonchev–Trinajstić information content (AvgIpc) is 2.73. The maximum absolute atomic E-state index is 9.39. The number of hydrogen-bond acceptors (Lipinski definition) is 3. The second-order valence-electron chi connectivity index (χ2n) is 6.63. The fourth-order valence-corrected chi connectivity index (χ4v) is 3.83. The molecule has 0 bridgehead atoms. The van der Waals surface area contributed by atoms with Gasteiger partial charge in [-0.15, -0.1) is 0 Å². The third-order valence-corrected chi connectivity index (χ3v) is 5.28. The molecule has 2 unspecified atom stereocenters. The van der Waals surface area contributed by atoms with Crippen LogP contribution >= 0.6 is 0 Å². The monoisotopic (exact) mass is 268 g/mol. The highest BCUT2D eigenvalue weighted by Crippen LogP contribution is 2.27. The molecule has 3 nitrogen and oxygen atoms in total. The van der Waals surface area contributed by atoms with Gasteiger partial charge in [-0.2, -0.15) is 0 Å². The van der Waals surface area contributed by atoms with Crippen LogP contribution in [0.15, 0.2) is 0 Å². The van der Waals surface area contributed by atoms with Crippen LogP contribution in [0.2, 0.25) is 0 Å². The molecule has 2 aliphatic rings. The Balaban J connectivity index is 2.04. The Morgan fingerprint density at radius 1 is 1.05 bits per heavy atom. The van der Waals surface area contributed by atoms with Crippen LogP contribution in [0.3, 0.4) is 0 Å². The van der Waals surface area contributed by atoms with Gasteiger partial charge in [0.2, 0.25) is 0 Å². The maximum Gasteiger partial charge on any atom is 0.0446 e. The molecule has 112 valence electrons. The average molecular weight is 268 g/mol. The molecule has 1 heterocycles. The molecule has 0 spiro atoms. The van der Waals surface area contributed by atoms with E-state index in [2.05, 4.69) is 23.8 Å². The van der Waals surface area contributed by atoms with E-state index >= 15 is 0 Å². The molecule has 1 saturated carbocycles. The van der Waals surface area contributed by atoms with Gasteiger partial charge in [-0.05, 0) is 39.7 Å². The van der Waals surface area contributed by atoms with Gasteiger partial charge < -0.3 is 10.0 Å². The molecule has 19 heavy (non-hydrogen) atoms. The van der Waals surface area contributed by atoms with Crippen LogP contribution < -0.4 is 0 Å². The number of aliphatic hydroxyl groups is 1. The van der Waals surface area contributed by atoms with Gasteiger partial charge in [0, 0.05) is 37.8 Å². The molecule has 2 fully saturated rings. The highest BCUT2D eigenvalue weighted by Gasteiger charge is 2.31. The smallest absolute Gasteiger partial charge is 0.0446 e. The predicted octanol–water partition coefficient (Wildman–Crippen LogP) is 2.49. The lowest BCUT2D eigenvalue weighted by Crippen LogP contribution is -2.46. The molecule has 1 N–H and O–H groups in total. The van der Waals surface area contributed by atoms with Crippen LogP contribution in [0.25, 0.3) is 0 Å². The molecule has 1 aliphatic heterocycles. The summed E-state index contributed by atoms with van der Waals surface area (Å²) in [6.45, 7) is 5.02. The van der Waals surface area contributed by atoms with Crippen LogP contribution in [-0.4, -0.2) is 59.8 Å². The Kier molecular flexibility index (Phi) is 6.11. The van der Waals surface area contributed by atoms with Crippen molar-refractivity contribution in [3.8, 4) is 0 Å². The van der Waals surface area contributed by atoms with Crippen LogP contribution in [0.5, 0.6) is 0 Å². The second-order valence-corrected chi connectivity index (χ2v) is 6.63. The van der Waals surface area contributed by atoms with Gasteiger partial charge in [-0.25, -0.2) is 0 Å². The number of nitrogens with zero attached hydrogens (tertiary/aromatic N) is 2. The van der Waals surface area contributed by atoms with Gasteiger partial charge in [-0.1, -0.05) is 25.7 Å². The zero-order valence-corrected chi connectivity index (χ0v) is 12.9.